The number of fused-ring (bicyclic) bond motifs is 2. The van der Waals surface area contributed by atoms with E-state index in [4.69, 9.17) is 20.4 Å². The zero-order valence-corrected chi connectivity index (χ0v) is 24.8. The maximum absolute atomic E-state index is 13.7. The summed E-state index contributed by atoms with van der Waals surface area (Å²) in [6, 6.07) is 16.3. The van der Waals surface area contributed by atoms with Crippen LogP contribution in [0.1, 0.15) is 69.7 Å². The molecule has 226 valence electrons. The van der Waals surface area contributed by atoms with Crippen LogP contribution >= 0.6 is 0 Å². The fourth-order valence-electron chi connectivity index (χ4n) is 5.97. The summed E-state index contributed by atoms with van der Waals surface area (Å²) < 4.78 is 20.7. The Balaban J connectivity index is 1.52. The SMILES string of the molecule is CC(C)Cc1nc2c(c(-c3ccc4c(c3)oc(=O)n4Cc3ccc(C#N)cn3)c1C(N)=O)C(=O)N[C@@]2(C)Cc1ccc(F)cc1. The second kappa shape index (κ2) is 11.1. The number of hydrogen-bond acceptors (Lipinski definition) is 7. The van der Waals surface area contributed by atoms with Gasteiger partial charge in [0.2, 0.25) is 0 Å². The van der Waals surface area contributed by atoms with E-state index >= 15 is 0 Å². The molecule has 11 heteroatoms. The lowest BCUT2D eigenvalue weighted by atomic mass is 9.84. The van der Waals surface area contributed by atoms with Crippen molar-refractivity contribution in [3.8, 4) is 17.2 Å². The largest absolute Gasteiger partial charge is 0.420 e. The Kier molecular flexibility index (Phi) is 7.29. The van der Waals surface area contributed by atoms with Gasteiger partial charge in [0, 0.05) is 18.2 Å². The van der Waals surface area contributed by atoms with Crippen LogP contribution in [0.5, 0.6) is 0 Å². The van der Waals surface area contributed by atoms with Crippen LogP contribution in [-0.4, -0.2) is 26.3 Å². The van der Waals surface area contributed by atoms with Crippen LogP contribution in [0.4, 0.5) is 4.39 Å². The molecule has 0 unspecified atom stereocenters. The van der Waals surface area contributed by atoms with Gasteiger partial charge >= 0.3 is 5.76 Å². The highest BCUT2D eigenvalue weighted by atomic mass is 19.1. The third-order valence-corrected chi connectivity index (χ3v) is 7.96. The number of benzene rings is 2. The van der Waals surface area contributed by atoms with E-state index in [2.05, 4.69) is 10.3 Å². The van der Waals surface area contributed by atoms with Crippen LogP contribution < -0.4 is 16.8 Å². The van der Waals surface area contributed by atoms with Gasteiger partial charge in [-0.25, -0.2) is 9.18 Å². The molecular formula is C34H29FN6O4. The molecule has 0 aliphatic carbocycles. The van der Waals surface area contributed by atoms with Crippen molar-refractivity contribution in [1.29, 1.82) is 5.26 Å². The van der Waals surface area contributed by atoms with Gasteiger partial charge in [0.15, 0.2) is 5.58 Å². The standard InChI is InChI=1S/C34H29FN6O4/c1-18(2)12-24-28(31(37)42)27(29-30(39-24)34(3,40-32(29)43)14-19-4-8-22(35)9-5-19)21-7-11-25-26(13-21)45-33(44)41(25)17-23-10-6-20(15-36)16-38-23/h4-11,13,16,18H,12,14,17H2,1-3H3,(H2,37,42)(H,40,43)/t34-/m0/s1. The number of rotatable bonds is 8. The lowest BCUT2D eigenvalue weighted by Gasteiger charge is -2.26. The average Bonchev–Trinajstić information content (AvgIpc) is 3.44. The van der Waals surface area contributed by atoms with E-state index in [0.29, 0.717) is 52.1 Å². The highest BCUT2D eigenvalue weighted by molar-refractivity contribution is 6.12. The third kappa shape index (κ3) is 5.35. The number of primary amides is 1. The van der Waals surface area contributed by atoms with E-state index in [0.717, 1.165) is 5.56 Å². The Morgan fingerprint density at radius 2 is 1.89 bits per heavy atom. The summed E-state index contributed by atoms with van der Waals surface area (Å²) in [5, 5.41) is 12.1. The van der Waals surface area contributed by atoms with Gasteiger partial charge in [-0.05, 0) is 66.8 Å². The van der Waals surface area contributed by atoms with E-state index in [1.807, 2.05) is 26.8 Å². The van der Waals surface area contributed by atoms with Crippen LogP contribution in [0.15, 0.2) is 70.0 Å². The number of carbonyl (C=O) groups is 2. The maximum atomic E-state index is 13.7. The van der Waals surface area contributed by atoms with E-state index in [-0.39, 0.29) is 35.0 Å². The molecule has 0 saturated heterocycles. The highest BCUT2D eigenvalue weighted by Crippen LogP contribution is 2.41. The minimum absolute atomic E-state index is 0.108. The lowest BCUT2D eigenvalue weighted by Crippen LogP contribution is -2.39. The molecule has 0 fully saturated rings. The predicted molar refractivity (Wildman–Crippen MR) is 164 cm³/mol. The number of aromatic nitrogens is 3. The van der Waals surface area contributed by atoms with E-state index in [9.17, 15) is 18.8 Å². The predicted octanol–water partition coefficient (Wildman–Crippen LogP) is 4.61. The molecule has 0 radical (unpaired) electrons. The number of oxazole rings is 1. The highest BCUT2D eigenvalue weighted by Gasteiger charge is 2.44. The molecule has 2 amide bonds. The number of hydrogen-bond donors (Lipinski definition) is 2. The van der Waals surface area contributed by atoms with E-state index < -0.39 is 23.1 Å². The number of nitrogens with zero attached hydrogens (tertiary/aromatic N) is 4. The first-order valence-electron chi connectivity index (χ1n) is 14.4. The molecule has 4 heterocycles. The number of nitriles is 1. The van der Waals surface area contributed by atoms with Crippen molar-refractivity contribution in [2.24, 2.45) is 11.7 Å². The molecule has 2 aromatic carbocycles. The second-order valence-corrected chi connectivity index (χ2v) is 11.9. The number of nitrogens with two attached hydrogens (primary N) is 1. The van der Waals surface area contributed by atoms with Crippen molar-refractivity contribution in [2.75, 3.05) is 0 Å². The van der Waals surface area contributed by atoms with Gasteiger partial charge in [0.1, 0.15) is 11.9 Å². The zero-order valence-electron chi connectivity index (χ0n) is 24.8. The van der Waals surface area contributed by atoms with Crippen molar-refractivity contribution in [3.05, 3.63) is 116 Å². The van der Waals surface area contributed by atoms with Crippen LogP contribution in [0.25, 0.3) is 22.2 Å². The van der Waals surface area contributed by atoms with Gasteiger partial charge in [-0.2, -0.15) is 5.26 Å². The summed E-state index contributed by atoms with van der Waals surface area (Å²) in [5.74, 6) is -2.04. The van der Waals surface area contributed by atoms with Gasteiger partial charge in [0.05, 0.1) is 51.4 Å². The van der Waals surface area contributed by atoms with Gasteiger partial charge in [-0.1, -0.05) is 32.0 Å². The van der Waals surface area contributed by atoms with Crippen LogP contribution in [-0.2, 0) is 24.9 Å². The number of carbonyl (C=O) groups excluding carboxylic acids is 2. The topological polar surface area (TPSA) is 157 Å². The van der Waals surface area contributed by atoms with Crippen molar-refractivity contribution >= 4 is 22.9 Å². The Bertz CT molecular complexity index is 2090. The van der Waals surface area contributed by atoms with Gasteiger partial charge < -0.3 is 15.5 Å². The Hall–Kier alpha value is -5.63. The quantitative estimate of drug-likeness (QED) is 0.262. The molecule has 10 nitrogen and oxygen atoms in total. The first kappa shape index (κ1) is 29.4. The first-order valence-corrected chi connectivity index (χ1v) is 14.4. The van der Waals surface area contributed by atoms with Crippen molar-refractivity contribution in [3.63, 3.8) is 0 Å². The molecule has 0 spiro atoms. The molecule has 0 bridgehead atoms. The lowest BCUT2D eigenvalue weighted by molar-refractivity contribution is 0.0935. The summed E-state index contributed by atoms with van der Waals surface area (Å²) in [4.78, 5) is 48.9. The first-order chi connectivity index (χ1) is 21.5. The summed E-state index contributed by atoms with van der Waals surface area (Å²) in [6.07, 6.45) is 2.18. The van der Waals surface area contributed by atoms with Crippen LogP contribution in [0, 0.1) is 23.1 Å². The molecular weight excluding hydrogens is 575 g/mol. The molecule has 1 aliphatic rings. The third-order valence-electron chi connectivity index (χ3n) is 7.96. The van der Waals surface area contributed by atoms with Gasteiger partial charge in [0.25, 0.3) is 11.8 Å². The minimum Gasteiger partial charge on any atom is -0.408 e. The zero-order chi connectivity index (χ0) is 32.0. The van der Waals surface area contributed by atoms with E-state index in [1.54, 1.807) is 42.5 Å². The summed E-state index contributed by atoms with van der Waals surface area (Å²) in [6.45, 7) is 5.94. The number of amides is 2. The Labute approximate surface area is 257 Å². The van der Waals surface area contributed by atoms with Crippen molar-refractivity contribution in [1.82, 2.24) is 19.9 Å². The number of pyridine rings is 2. The molecule has 0 saturated carbocycles. The smallest absolute Gasteiger partial charge is 0.408 e. The molecule has 45 heavy (non-hydrogen) atoms. The molecule has 6 rings (SSSR count). The summed E-state index contributed by atoms with van der Waals surface area (Å²) in [7, 11) is 0. The molecule has 3 N–H and O–H groups in total. The molecule has 5 aromatic rings. The van der Waals surface area contributed by atoms with Crippen LogP contribution in [0.3, 0.4) is 0 Å². The fraction of sp³-hybridized carbons (Fsp3) is 0.235. The molecule has 1 atom stereocenters. The maximum Gasteiger partial charge on any atom is 0.420 e. The minimum atomic E-state index is -0.963. The summed E-state index contributed by atoms with van der Waals surface area (Å²) in [5.41, 5.74) is 9.51. The molecule has 3 aromatic heterocycles. The van der Waals surface area contributed by atoms with E-state index in [1.165, 1.54) is 22.9 Å². The van der Waals surface area contributed by atoms with Gasteiger partial charge in [-0.3, -0.25) is 24.1 Å². The van der Waals surface area contributed by atoms with Crippen LogP contribution in [0.2, 0.25) is 0 Å². The summed E-state index contributed by atoms with van der Waals surface area (Å²) >= 11 is 0. The molecule has 1 aliphatic heterocycles. The van der Waals surface area contributed by atoms with Crippen molar-refractivity contribution in [2.45, 2.75) is 45.7 Å². The normalized spacial score (nSPS) is 15.7. The van der Waals surface area contributed by atoms with Gasteiger partial charge in [-0.15, -0.1) is 0 Å². The number of nitrogens with one attached hydrogen (secondary N) is 1. The Morgan fingerprint density at radius 3 is 2.53 bits per heavy atom. The second-order valence-electron chi connectivity index (χ2n) is 11.9. The van der Waals surface area contributed by atoms with Crippen molar-refractivity contribution < 1.29 is 18.4 Å². The monoisotopic (exact) mass is 604 g/mol. The number of halogens is 1. The Morgan fingerprint density at radius 1 is 1.13 bits per heavy atom. The average molecular weight is 605 g/mol. The fourth-order valence-corrected chi connectivity index (χ4v) is 5.97.